The second-order valence-corrected chi connectivity index (χ2v) is 3.47. The summed E-state index contributed by atoms with van der Waals surface area (Å²) in [5, 5.41) is 3.36. The van der Waals surface area contributed by atoms with E-state index >= 15 is 0 Å². The zero-order valence-corrected chi connectivity index (χ0v) is 8.09. The van der Waals surface area contributed by atoms with Crippen molar-refractivity contribution in [1.82, 2.24) is 5.32 Å². The zero-order valence-electron chi connectivity index (χ0n) is 8.09. The van der Waals surface area contributed by atoms with E-state index in [1.54, 1.807) is 0 Å². The van der Waals surface area contributed by atoms with E-state index in [2.05, 4.69) is 18.3 Å². The monoisotopic (exact) mass is 181 g/mol. The molecule has 0 amide bonds. The second-order valence-electron chi connectivity index (χ2n) is 3.47. The minimum absolute atomic E-state index is 0.237. The molecule has 0 spiro atoms. The number of ether oxygens (including phenoxy) is 1. The lowest BCUT2D eigenvalue weighted by molar-refractivity contribution is 0.0696. The highest BCUT2D eigenvalue weighted by atomic mass is 16.5. The molecule has 1 N–H and O–H groups in total. The van der Waals surface area contributed by atoms with Crippen LogP contribution in [0.2, 0.25) is 0 Å². The third-order valence-electron chi connectivity index (χ3n) is 2.45. The van der Waals surface area contributed by atoms with Gasteiger partial charge >= 0.3 is 0 Å². The summed E-state index contributed by atoms with van der Waals surface area (Å²) in [6.45, 7) is 6.47. The minimum atomic E-state index is 0.237. The van der Waals surface area contributed by atoms with Crippen molar-refractivity contribution in [3.8, 4) is 0 Å². The number of nitrogens with one attached hydrogen (secondary N) is 1. The molecule has 1 aliphatic heterocycles. The van der Waals surface area contributed by atoms with E-state index in [9.17, 15) is 0 Å². The standard InChI is InChI=1S/C10H15NO2/c1-7-5-10(13-8(7)2)9-6-12-4-3-11-9/h5,9,11H,3-4,6H2,1-2H3/t9-/m1/s1. The molecule has 0 radical (unpaired) electrons. The average Bonchev–Trinajstić information content (AvgIpc) is 2.49. The average molecular weight is 181 g/mol. The molecule has 13 heavy (non-hydrogen) atoms. The predicted molar refractivity (Wildman–Crippen MR) is 49.7 cm³/mol. The Bertz CT molecular complexity index is 268. The van der Waals surface area contributed by atoms with Crippen LogP contribution in [0.3, 0.4) is 0 Å². The number of furan rings is 1. The molecule has 3 heteroatoms. The van der Waals surface area contributed by atoms with Crippen LogP contribution in [0.4, 0.5) is 0 Å². The first-order chi connectivity index (χ1) is 6.27. The highest BCUT2D eigenvalue weighted by Gasteiger charge is 2.18. The van der Waals surface area contributed by atoms with Gasteiger partial charge in [0.15, 0.2) is 0 Å². The fourth-order valence-electron chi connectivity index (χ4n) is 1.52. The van der Waals surface area contributed by atoms with Gasteiger partial charge in [-0.2, -0.15) is 0 Å². The predicted octanol–water partition coefficient (Wildman–Crippen LogP) is 1.56. The summed E-state index contributed by atoms with van der Waals surface area (Å²) in [6, 6.07) is 2.32. The van der Waals surface area contributed by atoms with Gasteiger partial charge in [0.2, 0.25) is 0 Å². The summed E-state index contributed by atoms with van der Waals surface area (Å²) in [5.41, 5.74) is 1.21. The van der Waals surface area contributed by atoms with Crippen molar-refractivity contribution < 1.29 is 9.15 Å². The van der Waals surface area contributed by atoms with E-state index < -0.39 is 0 Å². The molecule has 72 valence electrons. The van der Waals surface area contributed by atoms with Crippen LogP contribution >= 0.6 is 0 Å². The Hall–Kier alpha value is -0.800. The van der Waals surface area contributed by atoms with Crippen molar-refractivity contribution in [2.45, 2.75) is 19.9 Å². The molecule has 1 aromatic heterocycles. The smallest absolute Gasteiger partial charge is 0.123 e. The fraction of sp³-hybridized carbons (Fsp3) is 0.600. The van der Waals surface area contributed by atoms with Crippen molar-refractivity contribution in [1.29, 1.82) is 0 Å². The van der Waals surface area contributed by atoms with Gasteiger partial charge in [-0.15, -0.1) is 0 Å². The van der Waals surface area contributed by atoms with E-state index in [0.29, 0.717) is 6.61 Å². The molecule has 0 saturated carbocycles. The first kappa shape index (κ1) is 8.78. The maximum Gasteiger partial charge on any atom is 0.123 e. The Morgan fingerprint density at radius 2 is 2.31 bits per heavy atom. The van der Waals surface area contributed by atoms with Gasteiger partial charge in [-0.1, -0.05) is 0 Å². The summed E-state index contributed by atoms with van der Waals surface area (Å²) in [7, 11) is 0. The Morgan fingerprint density at radius 1 is 1.46 bits per heavy atom. The molecule has 1 atom stereocenters. The normalized spacial score (nSPS) is 23.4. The largest absolute Gasteiger partial charge is 0.464 e. The third kappa shape index (κ3) is 1.76. The first-order valence-electron chi connectivity index (χ1n) is 4.65. The summed E-state index contributed by atoms with van der Waals surface area (Å²) >= 11 is 0. The van der Waals surface area contributed by atoms with E-state index in [4.69, 9.17) is 9.15 Å². The first-order valence-corrected chi connectivity index (χ1v) is 4.65. The Balaban J connectivity index is 2.14. The second kappa shape index (κ2) is 3.52. The third-order valence-corrected chi connectivity index (χ3v) is 2.45. The van der Waals surface area contributed by atoms with Crippen LogP contribution in [0.15, 0.2) is 10.5 Å². The van der Waals surface area contributed by atoms with E-state index in [-0.39, 0.29) is 6.04 Å². The number of aryl methyl sites for hydroxylation is 2. The summed E-state index contributed by atoms with van der Waals surface area (Å²) in [4.78, 5) is 0. The van der Waals surface area contributed by atoms with Gasteiger partial charge < -0.3 is 14.5 Å². The lowest BCUT2D eigenvalue weighted by atomic mass is 10.2. The van der Waals surface area contributed by atoms with E-state index in [1.165, 1.54) is 5.56 Å². The van der Waals surface area contributed by atoms with Crippen LogP contribution in [0.5, 0.6) is 0 Å². The fourth-order valence-corrected chi connectivity index (χ4v) is 1.52. The molecular weight excluding hydrogens is 166 g/mol. The summed E-state index contributed by atoms with van der Waals surface area (Å²) in [6.07, 6.45) is 0. The lowest BCUT2D eigenvalue weighted by Crippen LogP contribution is -2.34. The summed E-state index contributed by atoms with van der Waals surface area (Å²) in [5.74, 6) is 2.00. The van der Waals surface area contributed by atoms with Crippen molar-refractivity contribution in [3.63, 3.8) is 0 Å². The van der Waals surface area contributed by atoms with Gasteiger partial charge in [-0.05, 0) is 25.5 Å². The van der Waals surface area contributed by atoms with Gasteiger partial charge in [-0.25, -0.2) is 0 Å². The molecular formula is C10H15NO2. The maximum atomic E-state index is 5.61. The van der Waals surface area contributed by atoms with Gasteiger partial charge in [0, 0.05) is 6.54 Å². The van der Waals surface area contributed by atoms with Crippen LogP contribution in [0.25, 0.3) is 0 Å². The lowest BCUT2D eigenvalue weighted by Gasteiger charge is -2.21. The van der Waals surface area contributed by atoms with Gasteiger partial charge in [0.25, 0.3) is 0 Å². The molecule has 0 bridgehead atoms. The molecule has 1 saturated heterocycles. The molecule has 0 aliphatic carbocycles. The number of morpholine rings is 1. The van der Waals surface area contributed by atoms with Crippen LogP contribution in [-0.4, -0.2) is 19.8 Å². The maximum absolute atomic E-state index is 5.61. The van der Waals surface area contributed by atoms with Crippen molar-refractivity contribution in [2.75, 3.05) is 19.8 Å². The van der Waals surface area contributed by atoms with Gasteiger partial charge in [-0.3, -0.25) is 0 Å². The number of hydrogen-bond acceptors (Lipinski definition) is 3. The van der Waals surface area contributed by atoms with Crippen LogP contribution < -0.4 is 5.32 Å². The molecule has 0 aromatic carbocycles. The van der Waals surface area contributed by atoms with Gasteiger partial charge in [0.05, 0.1) is 19.3 Å². The van der Waals surface area contributed by atoms with Crippen molar-refractivity contribution in [3.05, 3.63) is 23.2 Å². The van der Waals surface area contributed by atoms with E-state index in [0.717, 1.165) is 24.7 Å². The molecule has 2 rings (SSSR count). The Morgan fingerprint density at radius 3 is 2.85 bits per heavy atom. The van der Waals surface area contributed by atoms with Crippen LogP contribution in [-0.2, 0) is 4.74 Å². The Labute approximate surface area is 78.1 Å². The Kier molecular flexibility index (Phi) is 2.38. The number of hydrogen-bond donors (Lipinski definition) is 1. The van der Waals surface area contributed by atoms with Crippen LogP contribution in [0, 0.1) is 13.8 Å². The van der Waals surface area contributed by atoms with Gasteiger partial charge in [0.1, 0.15) is 11.5 Å². The summed E-state index contributed by atoms with van der Waals surface area (Å²) < 4.78 is 11.0. The van der Waals surface area contributed by atoms with Crippen molar-refractivity contribution in [2.24, 2.45) is 0 Å². The molecule has 1 aliphatic rings. The van der Waals surface area contributed by atoms with Crippen molar-refractivity contribution >= 4 is 0 Å². The molecule has 1 aromatic rings. The van der Waals surface area contributed by atoms with Crippen LogP contribution in [0.1, 0.15) is 23.1 Å². The number of rotatable bonds is 1. The quantitative estimate of drug-likeness (QED) is 0.714. The highest BCUT2D eigenvalue weighted by molar-refractivity contribution is 5.21. The minimum Gasteiger partial charge on any atom is -0.464 e. The molecule has 1 fully saturated rings. The molecule has 0 unspecified atom stereocenters. The van der Waals surface area contributed by atoms with E-state index in [1.807, 2.05) is 6.92 Å². The SMILES string of the molecule is Cc1cc([C@H]2COCCN2)oc1C. The molecule has 3 nitrogen and oxygen atoms in total. The zero-order chi connectivity index (χ0) is 9.26. The topological polar surface area (TPSA) is 34.4 Å². The molecule has 2 heterocycles. The highest BCUT2D eigenvalue weighted by Crippen LogP contribution is 2.21.